The van der Waals surface area contributed by atoms with Gasteiger partial charge in [-0.2, -0.15) is 0 Å². The Morgan fingerprint density at radius 1 is 1.82 bits per heavy atom. The molecule has 0 saturated carbocycles. The number of nitrogens with zero attached hydrogens (tertiary/aromatic N) is 1. The third kappa shape index (κ3) is 1.96. The summed E-state index contributed by atoms with van der Waals surface area (Å²) in [6.07, 6.45) is 2.21. The highest BCUT2D eigenvalue weighted by molar-refractivity contribution is 14.1. The zero-order valence-electron chi connectivity index (χ0n) is 5.97. The van der Waals surface area contributed by atoms with Gasteiger partial charge in [0.2, 0.25) is 0 Å². The monoisotopic (exact) mass is 283 g/mol. The lowest BCUT2D eigenvalue weighted by atomic mass is 10.2. The van der Waals surface area contributed by atoms with E-state index in [9.17, 15) is 4.79 Å². The van der Waals surface area contributed by atoms with Crippen LogP contribution >= 0.6 is 34.4 Å². The molecule has 0 aliphatic carbocycles. The van der Waals surface area contributed by atoms with Gasteiger partial charge in [-0.05, 0) is 28.7 Å². The van der Waals surface area contributed by atoms with Crippen molar-refractivity contribution in [3.05, 3.63) is 21.5 Å². The smallest absolute Gasteiger partial charge is 0.180 e. The van der Waals surface area contributed by atoms with E-state index in [-0.39, 0.29) is 5.78 Å². The quantitative estimate of drug-likeness (QED) is 0.604. The Balaban J connectivity index is 3.03. The molecule has 0 fully saturated rings. The first-order valence-corrected chi connectivity index (χ1v) is 4.64. The van der Waals surface area contributed by atoms with Crippen LogP contribution in [0, 0.1) is 3.57 Å². The Bertz CT molecular complexity index is 282. The second kappa shape index (κ2) is 3.58. The number of rotatable bonds is 2. The highest BCUT2D eigenvalue weighted by atomic mass is 127. The van der Waals surface area contributed by atoms with Gasteiger partial charge in [0.05, 0.1) is 0 Å². The van der Waals surface area contributed by atoms with Gasteiger partial charge in [-0.15, -0.1) is 0 Å². The van der Waals surface area contributed by atoms with Crippen molar-refractivity contribution in [3.63, 3.8) is 0 Å². The summed E-state index contributed by atoms with van der Waals surface area (Å²) in [5.74, 6) is 0.0721. The standard InChI is InChI=1S/C7H7ClINO/c1-2-7(11)6-3-5(9)4-10(6)8/h3-4H,2H2,1H3. The number of halogens is 2. The van der Waals surface area contributed by atoms with E-state index >= 15 is 0 Å². The molecule has 0 spiro atoms. The van der Waals surface area contributed by atoms with Crippen LogP contribution in [-0.4, -0.2) is 9.87 Å². The molecule has 0 aliphatic heterocycles. The topological polar surface area (TPSA) is 22.0 Å². The van der Waals surface area contributed by atoms with E-state index in [1.807, 2.05) is 6.92 Å². The number of aromatic nitrogens is 1. The fourth-order valence-corrected chi connectivity index (χ4v) is 1.77. The molecule has 0 amide bonds. The molecule has 0 aromatic carbocycles. The zero-order valence-corrected chi connectivity index (χ0v) is 8.89. The van der Waals surface area contributed by atoms with Gasteiger partial charge in [0.25, 0.3) is 0 Å². The Morgan fingerprint density at radius 2 is 2.45 bits per heavy atom. The number of ketones is 1. The molecule has 0 N–H and O–H groups in total. The number of hydrogen-bond acceptors (Lipinski definition) is 1. The highest BCUT2D eigenvalue weighted by Gasteiger charge is 2.08. The van der Waals surface area contributed by atoms with Crippen LogP contribution in [0.5, 0.6) is 0 Å². The molecule has 0 aliphatic rings. The third-order valence-electron chi connectivity index (χ3n) is 1.35. The fraction of sp³-hybridized carbons (Fsp3) is 0.286. The van der Waals surface area contributed by atoms with Crippen molar-refractivity contribution in [2.75, 3.05) is 0 Å². The average Bonchev–Trinajstić information content (AvgIpc) is 2.28. The van der Waals surface area contributed by atoms with E-state index in [0.717, 1.165) is 3.57 Å². The van der Waals surface area contributed by atoms with Crippen molar-refractivity contribution in [3.8, 4) is 0 Å². The largest absolute Gasteiger partial charge is 0.292 e. The van der Waals surface area contributed by atoms with Crippen LogP contribution in [-0.2, 0) is 0 Å². The number of carbonyl (C=O) groups excluding carboxylic acids is 1. The summed E-state index contributed by atoms with van der Waals surface area (Å²) in [6, 6.07) is 1.78. The normalized spacial score (nSPS) is 10.1. The summed E-state index contributed by atoms with van der Waals surface area (Å²) in [5, 5.41) is 0. The van der Waals surface area contributed by atoms with E-state index in [4.69, 9.17) is 11.8 Å². The molecular formula is C7H7ClINO. The predicted molar refractivity (Wildman–Crippen MR) is 53.0 cm³/mol. The first-order chi connectivity index (χ1) is 5.15. The van der Waals surface area contributed by atoms with Crippen molar-refractivity contribution < 1.29 is 4.79 Å². The van der Waals surface area contributed by atoms with Gasteiger partial charge in [-0.25, -0.2) is 0 Å². The minimum absolute atomic E-state index is 0.0721. The number of Topliss-reactive ketones (excluding diaryl/α,β-unsaturated/α-hetero) is 1. The van der Waals surface area contributed by atoms with E-state index in [0.29, 0.717) is 12.1 Å². The minimum atomic E-state index is 0.0721. The molecule has 1 aromatic heterocycles. The molecule has 4 heteroatoms. The van der Waals surface area contributed by atoms with Gasteiger partial charge in [-0.1, -0.05) is 6.92 Å². The van der Waals surface area contributed by atoms with Crippen LogP contribution in [0.25, 0.3) is 0 Å². The second-order valence-electron chi connectivity index (χ2n) is 2.13. The molecule has 60 valence electrons. The molecular weight excluding hydrogens is 276 g/mol. The lowest BCUT2D eigenvalue weighted by molar-refractivity contribution is 0.0983. The van der Waals surface area contributed by atoms with Crippen LogP contribution in [0.1, 0.15) is 23.8 Å². The Kier molecular flexibility index (Phi) is 2.95. The van der Waals surface area contributed by atoms with Crippen molar-refractivity contribution in [1.29, 1.82) is 0 Å². The van der Waals surface area contributed by atoms with Crippen molar-refractivity contribution in [2.45, 2.75) is 13.3 Å². The van der Waals surface area contributed by atoms with Crippen LogP contribution < -0.4 is 0 Å². The first kappa shape index (κ1) is 9.06. The van der Waals surface area contributed by atoms with Crippen LogP contribution in [0.3, 0.4) is 0 Å². The predicted octanol–water partition coefficient (Wildman–Crippen LogP) is 2.69. The molecule has 11 heavy (non-hydrogen) atoms. The van der Waals surface area contributed by atoms with E-state index < -0.39 is 0 Å². The Labute approximate surface area is 83.8 Å². The van der Waals surface area contributed by atoms with Crippen LogP contribution in [0.15, 0.2) is 12.3 Å². The summed E-state index contributed by atoms with van der Waals surface area (Å²) in [7, 11) is 0. The third-order valence-corrected chi connectivity index (χ3v) is 2.22. The van der Waals surface area contributed by atoms with Gasteiger partial charge in [0, 0.05) is 28.0 Å². The summed E-state index contributed by atoms with van der Waals surface area (Å²) in [4.78, 5) is 11.1. The van der Waals surface area contributed by atoms with Crippen molar-refractivity contribution in [1.82, 2.24) is 4.09 Å². The van der Waals surface area contributed by atoms with E-state index in [2.05, 4.69) is 22.6 Å². The maximum Gasteiger partial charge on any atom is 0.180 e. The SMILES string of the molecule is CCC(=O)c1cc(I)cn1Cl. The molecule has 1 heterocycles. The molecule has 0 unspecified atom stereocenters. The summed E-state index contributed by atoms with van der Waals surface area (Å²) >= 11 is 7.83. The Morgan fingerprint density at radius 3 is 2.82 bits per heavy atom. The molecule has 0 bridgehead atoms. The van der Waals surface area contributed by atoms with Gasteiger partial charge in [0.15, 0.2) is 5.78 Å². The van der Waals surface area contributed by atoms with Crippen molar-refractivity contribution in [2.24, 2.45) is 0 Å². The molecule has 0 atom stereocenters. The maximum atomic E-state index is 11.1. The lowest BCUT2D eigenvalue weighted by Crippen LogP contribution is -1.99. The van der Waals surface area contributed by atoms with Gasteiger partial charge in [0.1, 0.15) is 5.69 Å². The molecule has 1 rings (SSSR count). The average molecular weight is 283 g/mol. The molecule has 2 nitrogen and oxygen atoms in total. The summed E-state index contributed by atoms with van der Waals surface area (Å²) in [6.45, 7) is 1.82. The van der Waals surface area contributed by atoms with Crippen molar-refractivity contribution >= 4 is 40.2 Å². The van der Waals surface area contributed by atoms with Crippen LogP contribution in [0.4, 0.5) is 0 Å². The van der Waals surface area contributed by atoms with E-state index in [1.165, 1.54) is 4.09 Å². The molecule has 1 aromatic rings. The van der Waals surface area contributed by atoms with Crippen LogP contribution in [0.2, 0.25) is 0 Å². The van der Waals surface area contributed by atoms with E-state index in [1.54, 1.807) is 12.3 Å². The maximum absolute atomic E-state index is 11.1. The summed E-state index contributed by atoms with van der Waals surface area (Å²) in [5.41, 5.74) is 0.568. The molecule has 0 saturated heterocycles. The summed E-state index contributed by atoms with van der Waals surface area (Å²) < 4.78 is 2.32. The number of carbonyl (C=O) groups is 1. The van der Waals surface area contributed by atoms with Gasteiger partial charge < -0.3 is 0 Å². The first-order valence-electron chi connectivity index (χ1n) is 3.22. The minimum Gasteiger partial charge on any atom is -0.292 e. The Hall–Kier alpha value is -0.0300. The zero-order chi connectivity index (χ0) is 8.43. The highest BCUT2D eigenvalue weighted by Crippen LogP contribution is 2.13. The number of hydrogen-bond donors (Lipinski definition) is 0. The second-order valence-corrected chi connectivity index (χ2v) is 3.74. The van der Waals surface area contributed by atoms with Gasteiger partial charge in [-0.3, -0.25) is 8.88 Å². The lowest BCUT2D eigenvalue weighted by Gasteiger charge is -1.94. The molecule has 0 radical (unpaired) electrons. The fourth-order valence-electron chi connectivity index (χ4n) is 0.788. The van der Waals surface area contributed by atoms with Gasteiger partial charge >= 0.3 is 0 Å².